The first kappa shape index (κ1) is 34.8. The van der Waals surface area contributed by atoms with Crippen LogP contribution in [0.2, 0.25) is 5.02 Å². The zero-order valence-electron chi connectivity index (χ0n) is 28.5. The van der Waals surface area contributed by atoms with E-state index < -0.39 is 32.7 Å². The fourth-order valence-corrected chi connectivity index (χ4v) is 9.84. The molecule has 2 N–H and O–H groups in total. The van der Waals surface area contributed by atoms with Crippen LogP contribution >= 0.6 is 11.6 Å². The Kier molecular flexibility index (Phi) is 9.41. The van der Waals surface area contributed by atoms with Crippen molar-refractivity contribution in [1.29, 1.82) is 0 Å². The topological polar surface area (TPSA) is 116 Å². The number of aliphatic hydroxyl groups is 1. The van der Waals surface area contributed by atoms with Crippen molar-refractivity contribution >= 4 is 39.1 Å². The van der Waals surface area contributed by atoms with Gasteiger partial charge in [0, 0.05) is 43.2 Å². The maximum atomic E-state index is 13.5. The smallest absolute Gasteiger partial charge is 0.264 e. The van der Waals surface area contributed by atoms with Crippen molar-refractivity contribution in [3.8, 4) is 5.75 Å². The standard InChI is InChI=1S/C37H48ClN3O6S/c1-23-8-6-17-37(44,24(2)35(43)40(4)5)31-13-10-28(31)20-41-21-36(16-7-9-26-18-29(38)12-14-30(26)36)22-47-33-15-11-27(19-32(33)41)34(42)39-48(45,46)25(23)3/h6,11-12,14-15,17-19,23-25,28,31,44H,7-10,13,16,20-22H2,1-5H3,(H,39,42)/b17-6+/t23-,24?,25+,28-,31+,36-,37-/m0/s1. The molecule has 1 unspecified atom stereocenters. The quantitative estimate of drug-likeness (QED) is 0.407. The third-order valence-electron chi connectivity index (χ3n) is 11.7. The van der Waals surface area contributed by atoms with Crippen LogP contribution in [0, 0.1) is 23.7 Å². The number of allylic oxidation sites excluding steroid dienone is 1. The fourth-order valence-electron chi connectivity index (χ4n) is 8.36. The van der Waals surface area contributed by atoms with E-state index >= 15 is 0 Å². The Morgan fingerprint density at radius 3 is 2.65 bits per heavy atom. The van der Waals surface area contributed by atoms with E-state index in [9.17, 15) is 23.1 Å². The lowest BCUT2D eigenvalue weighted by atomic mass is 9.60. The number of ether oxygens (including phenoxy) is 1. The molecule has 260 valence electrons. The van der Waals surface area contributed by atoms with Crippen molar-refractivity contribution in [2.45, 2.75) is 75.6 Å². The molecule has 4 aliphatic rings. The van der Waals surface area contributed by atoms with Crippen LogP contribution in [0.15, 0.2) is 48.6 Å². The highest BCUT2D eigenvalue weighted by atomic mass is 35.5. The number of hydrogen-bond acceptors (Lipinski definition) is 7. The minimum absolute atomic E-state index is 0.0513. The van der Waals surface area contributed by atoms with E-state index in [0.29, 0.717) is 42.6 Å². The fraction of sp³-hybridized carbons (Fsp3) is 0.568. The Balaban J connectivity index is 1.47. The van der Waals surface area contributed by atoms with Crippen molar-refractivity contribution in [2.24, 2.45) is 23.7 Å². The van der Waals surface area contributed by atoms with Crippen LogP contribution in [-0.4, -0.2) is 74.9 Å². The van der Waals surface area contributed by atoms with E-state index in [1.165, 1.54) is 16.0 Å². The first-order chi connectivity index (χ1) is 22.6. The van der Waals surface area contributed by atoms with Crippen LogP contribution < -0.4 is 14.4 Å². The molecule has 2 aliphatic carbocycles. The van der Waals surface area contributed by atoms with Gasteiger partial charge in [-0.3, -0.25) is 9.59 Å². The molecule has 6 rings (SSSR count). The van der Waals surface area contributed by atoms with Crippen LogP contribution in [0.5, 0.6) is 5.75 Å². The Morgan fingerprint density at radius 1 is 1.17 bits per heavy atom. The summed E-state index contributed by atoms with van der Waals surface area (Å²) in [5.74, 6) is -1.44. The van der Waals surface area contributed by atoms with Crippen molar-refractivity contribution in [3.05, 3.63) is 70.3 Å². The second-order valence-electron chi connectivity index (χ2n) is 14.9. The van der Waals surface area contributed by atoms with E-state index in [2.05, 4.69) is 15.7 Å². The Bertz CT molecular complexity index is 1730. The summed E-state index contributed by atoms with van der Waals surface area (Å²) in [4.78, 5) is 30.7. The SMILES string of the molecule is CC(C(=O)N(C)C)[C@@]1(O)/C=C/C[C@H](C)[C@@H](C)S(=O)(=O)NC(=O)c2ccc3c(c2)N(C[C@@H]2CC[C@H]21)C[C@@]1(CCCc2cc(Cl)ccc21)CO3. The first-order valence-electron chi connectivity index (χ1n) is 17.1. The monoisotopic (exact) mass is 697 g/mol. The molecule has 7 atom stereocenters. The van der Waals surface area contributed by atoms with Gasteiger partial charge >= 0.3 is 0 Å². The number of nitrogens with one attached hydrogen (secondary N) is 1. The van der Waals surface area contributed by atoms with Gasteiger partial charge in [0.05, 0.1) is 29.1 Å². The molecule has 2 aromatic carbocycles. The van der Waals surface area contributed by atoms with Gasteiger partial charge in [-0.15, -0.1) is 0 Å². The van der Waals surface area contributed by atoms with Gasteiger partial charge in [0.2, 0.25) is 15.9 Å². The van der Waals surface area contributed by atoms with Crippen LogP contribution in [0.1, 0.15) is 74.4 Å². The summed E-state index contributed by atoms with van der Waals surface area (Å²) >= 11 is 6.43. The molecule has 9 nitrogen and oxygen atoms in total. The number of carbonyl (C=O) groups excluding carboxylic acids is 2. The molecular formula is C37H48ClN3O6S. The highest BCUT2D eigenvalue weighted by Gasteiger charge is 2.52. The largest absolute Gasteiger partial charge is 0.490 e. The molecule has 2 heterocycles. The van der Waals surface area contributed by atoms with Gasteiger partial charge in [-0.2, -0.15) is 0 Å². The number of anilines is 1. The van der Waals surface area contributed by atoms with E-state index in [1.54, 1.807) is 52.2 Å². The predicted molar refractivity (Wildman–Crippen MR) is 188 cm³/mol. The molecule has 2 aromatic rings. The Morgan fingerprint density at radius 2 is 1.94 bits per heavy atom. The lowest BCUT2D eigenvalue weighted by Gasteiger charge is -2.51. The number of carbonyl (C=O) groups is 2. The molecule has 2 bridgehead atoms. The summed E-state index contributed by atoms with van der Waals surface area (Å²) in [6.45, 7) is 6.80. The summed E-state index contributed by atoms with van der Waals surface area (Å²) in [6, 6.07) is 11.2. The number of benzene rings is 2. The van der Waals surface area contributed by atoms with Gasteiger partial charge in [-0.1, -0.05) is 43.7 Å². The van der Waals surface area contributed by atoms with Crippen LogP contribution in [0.4, 0.5) is 5.69 Å². The third kappa shape index (κ3) is 6.24. The average Bonchev–Trinajstić information content (AvgIpc) is 3.17. The number of rotatable bonds is 2. The zero-order valence-corrected chi connectivity index (χ0v) is 30.1. The van der Waals surface area contributed by atoms with E-state index in [-0.39, 0.29) is 34.6 Å². The van der Waals surface area contributed by atoms with Crippen molar-refractivity contribution in [1.82, 2.24) is 9.62 Å². The number of fused-ring (bicyclic) bond motifs is 4. The van der Waals surface area contributed by atoms with Crippen LogP contribution in [-0.2, 0) is 26.7 Å². The van der Waals surface area contributed by atoms with Gasteiger partial charge < -0.3 is 19.6 Å². The summed E-state index contributed by atoms with van der Waals surface area (Å²) in [7, 11) is -0.633. The highest BCUT2D eigenvalue weighted by molar-refractivity contribution is 7.90. The molecule has 1 saturated carbocycles. The predicted octanol–water partition coefficient (Wildman–Crippen LogP) is 5.34. The van der Waals surface area contributed by atoms with Crippen LogP contribution in [0.3, 0.4) is 0 Å². The van der Waals surface area contributed by atoms with Gasteiger partial charge in [0.15, 0.2) is 0 Å². The van der Waals surface area contributed by atoms with Crippen molar-refractivity contribution in [3.63, 3.8) is 0 Å². The van der Waals surface area contributed by atoms with Crippen molar-refractivity contribution in [2.75, 3.05) is 38.7 Å². The number of halogens is 1. The summed E-state index contributed by atoms with van der Waals surface area (Å²) < 4.78 is 35.7. The lowest BCUT2D eigenvalue weighted by Crippen LogP contribution is -2.57. The maximum absolute atomic E-state index is 13.5. The molecule has 1 spiro atoms. The molecule has 48 heavy (non-hydrogen) atoms. The second kappa shape index (κ2) is 13.0. The van der Waals surface area contributed by atoms with Gasteiger partial charge in [0.1, 0.15) is 5.75 Å². The maximum Gasteiger partial charge on any atom is 0.264 e. The summed E-state index contributed by atoms with van der Waals surface area (Å²) in [6.07, 6.45) is 8.36. The number of sulfonamides is 1. The molecule has 1 fully saturated rings. The van der Waals surface area contributed by atoms with E-state index in [4.69, 9.17) is 16.3 Å². The summed E-state index contributed by atoms with van der Waals surface area (Å²) in [5, 5.41) is 12.3. The van der Waals surface area contributed by atoms with Gasteiger partial charge in [-0.05, 0) is 105 Å². The normalized spacial score (nSPS) is 32.7. The number of aryl methyl sites for hydroxylation is 1. The van der Waals surface area contributed by atoms with Gasteiger partial charge in [0.25, 0.3) is 5.91 Å². The molecule has 2 amide bonds. The molecule has 0 radical (unpaired) electrons. The summed E-state index contributed by atoms with van der Waals surface area (Å²) in [5.41, 5.74) is 1.59. The Labute approximate surface area is 289 Å². The highest BCUT2D eigenvalue weighted by Crippen LogP contribution is 2.50. The average molecular weight is 698 g/mol. The minimum atomic E-state index is -4.03. The third-order valence-corrected chi connectivity index (χ3v) is 13.8. The van der Waals surface area contributed by atoms with E-state index in [0.717, 1.165) is 32.1 Å². The molecule has 2 aliphatic heterocycles. The molecule has 0 saturated heterocycles. The number of hydrogen-bond donors (Lipinski definition) is 2. The Hall–Kier alpha value is -3.08. The lowest BCUT2D eigenvalue weighted by molar-refractivity contribution is -0.147. The zero-order chi connectivity index (χ0) is 34.6. The molecule has 11 heteroatoms. The van der Waals surface area contributed by atoms with Crippen LogP contribution in [0.25, 0.3) is 0 Å². The van der Waals surface area contributed by atoms with Gasteiger partial charge in [-0.25, -0.2) is 13.1 Å². The van der Waals surface area contributed by atoms with Crippen molar-refractivity contribution < 1.29 is 27.9 Å². The second-order valence-corrected chi connectivity index (χ2v) is 17.3. The minimum Gasteiger partial charge on any atom is -0.490 e. The van der Waals surface area contributed by atoms with E-state index in [1.807, 2.05) is 25.1 Å². The number of nitrogens with zero attached hydrogens (tertiary/aromatic N) is 2. The first-order valence-corrected chi connectivity index (χ1v) is 19.1. The number of amides is 2. The molecule has 0 aromatic heterocycles. The molecular weight excluding hydrogens is 650 g/mol.